The standard InChI is InChI=1S/C15H22F2N2/c1-19(15-4-2-3-5-15)7-6-18-11-12-8-13(16)10-14(17)9-12/h8-10,15,18H,2-7,11H2,1H3. The van der Waals surface area contributed by atoms with Crippen molar-refractivity contribution >= 4 is 0 Å². The maximum Gasteiger partial charge on any atom is 0.126 e. The largest absolute Gasteiger partial charge is 0.311 e. The third-order valence-corrected chi connectivity index (χ3v) is 3.84. The van der Waals surface area contributed by atoms with Crippen molar-refractivity contribution in [1.82, 2.24) is 10.2 Å². The molecule has 4 heteroatoms. The molecule has 1 aliphatic rings. The molecule has 1 aliphatic carbocycles. The fourth-order valence-electron chi connectivity index (χ4n) is 2.73. The number of rotatable bonds is 6. The summed E-state index contributed by atoms with van der Waals surface area (Å²) in [6.45, 7) is 2.32. The van der Waals surface area contributed by atoms with Crippen LogP contribution in [-0.2, 0) is 6.54 Å². The van der Waals surface area contributed by atoms with Crippen LogP contribution in [0.3, 0.4) is 0 Å². The quantitative estimate of drug-likeness (QED) is 0.798. The summed E-state index contributed by atoms with van der Waals surface area (Å²) in [6, 6.07) is 4.36. The summed E-state index contributed by atoms with van der Waals surface area (Å²) in [5, 5.41) is 3.24. The molecule has 0 atom stereocenters. The average molecular weight is 268 g/mol. The molecule has 0 aromatic heterocycles. The van der Waals surface area contributed by atoms with Crippen LogP contribution in [0.1, 0.15) is 31.2 Å². The van der Waals surface area contributed by atoms with Crippen LogP contribution in [0.15, 0.2) is 18.2 Å². The SMILES string of the molecule is CN(CCNCc1cc(F)cc(F)c1)C1CCCC1. The van der Waals surface area contributed by atoms with E-state index in [0.717, 1.165) is 19.2 Å². The van der Waals surface area contributed by atoms with Crippen molar-refractivity contribution in [3.8, 4) is 0 Å². The predicted octanol–water partition coefficient (Wildman–Crippen LogP) is 2.93. The molecule has 0 bridgehead atoms. The minimum Gasteiger partial charge on any atom is -0.311 e. The lowest BCUT2D eigenvalue weighted by Crippen LogP contribution is -2.35. The van der Waals surface area contributed by atoms with E-state index in [2.05, 4.69) is 17.3 Å². The number of halogens is 2. The third kappa shape index (κ3) is 4.55. The Morgan fingerprint density at radius 2 is 1.79 bits per heavy atom. The molecule has 0 amide bonds. The van der Waals surface area contributed by atoms with Gasteiger partial charge in [-0.1, -0.05) is 12.8 Å². The summed E-state index contributed by atoms with van der Waals surface area (Å²) in [5.74, 6) is -1.03. The van der Waals surface area contributed by atoms with Crippen molar-refractivity contribution in [3.05, 3.63) is 35.4 Å². The molecule has 1 aromatic carbocycles. The maximum atomic E-state index is 13.0. The van der Waals surface area contributed by atoms with Crippen molar-refractivity contribution in [2.24, 2.45) is 0 Å². The molecular formula is C15H22F2N2. The first-order chi connectivity index (χ1) is 9.15. The minimum atomic E-state index is -0.514. The van der Waals surface area contributed by atoms with E-state index in [1.54, 1.807) is 0 Å². The van der Waals surface area contributed by atoms with Crippen molar-refractivity contribution < 1.29 is 8.78 Å². The number of nitrogens with one attached hydrogen (secondary N) is 1. The van der Waals surface area contributed by atoms with Gasteiger partial charge >= 0.3 is 0 Å². The molecule has 1 fully saturated rings. The number of benzene rings is 1. The van der Waals surface area contributed by atoms with E-state index < -0.39 is 11.6 Å². The Balaban J connectivity index is 1.68. The lowest BCUT2D eigenvalue weighted by Gasteiger charge is -2.23. The van der Waals surface area contributed by atoms with Gasteiger partial charge in [-0.05, 0) is 37.6 Å². The van der Waals surface area contributed by atoms with E-state index in [9.17, 15) is 8.78 Å². The molecule has 0 unspecified atom stereocenters. The summed E-state index contributed by atoms with van der Waals surface area (Å²) >= 11 is 0. The summed E-state index contributed by atoms with van der Waals surface area (Å²) < 4.78 is 26.0. The molecule has 1 saturated carbocycles. The molecule has 2 rings (SSSR count). The van der Waals surface area contributed by atoms with E-state index in [1.807, 2.05) is 0 Å². The highest BCUT2D eigenvalue weighted by atomic mass is 19.1. The second-order valence-corrected chi connectivity index (χ2v) is 5.37. The fourth-order valence-corrected chi connectivity index (χ4v) is 2.73. The first-order valence-corrected chi connectivity index (χ1v) is 7.01. The lowest BCUT2D eigenvalue weighted by molar-refractivity contribution is 0.245. The van der Waals surface area contributed by atoms with Crippen LogP contribution in [0.5, 0.6) is 0 Å². The second-order valence-electron chi connectivity index (χ2n) is 5.37. The Hall–Kier alpha value is -1.00. The van der Waals surface area contributed by atoms with Crippen LogP contribution in [0.4, 0.5) is 8.78 Å². The van der Waals surface area contributed by atoms with E-state index >= 15 is 0 Å². The summed E-state index contributed by atoms with van der Waals surface area (Å²) in [5.41, 5.74) is 0.654. The van der Waals surface area contributed by atoms with Crippen LogP contribution in [0, 0.1) is 11.6 Å². The van der Waals surface area contributed by atoms with Gasteiger partial charge in [0.2, 0.25) is 0 Å². The highest BCUT2D eigenvalue weighted by Crippen LogP contribution is 2.21. The molecule has 0 aliphatic heterocycles. The Labute approximate surface area is 113 Å². The molecule has 0 saturated heterocycles. The van der Waals surface area contributed by atoms with Crippen LogP contribution < -0.4 is 5.32 Å². The molecule has 0 spiro atoms. The number of hydrogen-bond acceptors (Lipinski definition) is 2. The number of nitrogens with zero attached hydrogens (tertiary/aromatic N) is 1. The van der Waals surface area contributed by atoms with Gasteiger partial charge in [-0.3, -0.25) is 0 Å². The van der Waals surface area contributed by atoms with Crippen LogP contribution in [0.2, 0.25) is 0 Å². The van der Waals surface area contributed by atoms with Gasteiger partial charge in [-0.2, -0.15) is 0 Å². The van der Waals surface area contributed by atoms with E-state index in [1.165, 1.54) is 37.8 Å². The smallest absolute Gasteiger partial charge is 0.126 e. The van der Waals surface area contributed by atoms with Crippen LogP contribution >= 0.6 is 0 Å². The van der Waals surface area contributed by atoms with Gasteiger partial charge in [-0.25, -0.2) is 8.78 Å². The zero-order chi connectivity index (χ0) is 13.7. The summed E-state index contributed by atoms with van der Waals surface area (Å²) in [7, 11) is 2.15. The Kier molecular flexibility index (Phi) is 5.28. The monoisotopic (exact) mass is 268 g/mol. The van der Waals surface area contributed by atoms with Gasteiger partial charge in [0, 0.05) is 31.7 Å². The Morgan fingerprint density at radius 1 is 1.16 bits per heavy atom. The van der Waals surface area contributed by atoms with Crippen LogP contribution in [-0.4, -0.2) is 31.1 Å². The molecule has 2 nitrogen and oxygen atoms in total. The van der Waals surface area contributed by atoms with Gasteiger partial charge in [0.25, 0.3) is 0 Å². The fraction of sp³-hybridized carbons (Fsp3) is 0.600. The van der Waals surface area contributed by atoms with E-state index in [4.69, 9.17) is 0 Å². The average Bonchev–Trinajstić information content (AvgIpc) is 2.87. The molecule has 106 valence electrons. The number of likely N-dealkylation sites (N-methyl/N-ethyl adjacent to an activating group) is 1. The topological polar surface area (TPSA) is 15.3 Å². The normalized spacial score (nSPS) is 16.4. The minimum absolute atomic E-state index is 0.507. The second kappa shape index (κ2) is 6.96. The maximum absolute atomic E-state index is 13.0. The first kappa shape index (κ1) is 14.4. The first-order valence-electron chi connectivity index (χ1n) is 7.01. The highest BCUT2D eigenvalue weighted by Gasteiger charge is 2.18. The lowest BCUT2D eigenvalue weighted by atomic mass is 10.2. The molecule has 0 heterocycles. The van der Waals surface area contributed by atoms with Gasteiger partial charge in [0.15, 0.2) is 0 Å². The molecule has 1 aromatic rings. The third-order valence-electron chi connectivity index (χ3n) is 3.84. The predicted molar refractivity (Wildman–Crippen MR) is 73.0 cm³/mol. The van der Waals surface area contributed by atoms with Crippen molar-refractivity contribution in [1.29, 1.82) is 0 Å². The highest BCUT2D eigenvalue weighted by molar-refractivity contribution is 5.17. The van der Waals surface area contributed by atoms with Crippen molar-refractivity contribution in [3.63, 3.8) is 0 Å². The van der Waals surface area contributed by atoms with E-state index in [0.29, 0.717) is 18.2 Å². The summed E-state index contributed by atoms with van der Waals surface area (Å²) in [6.07, 6.45) is 5.27. The van der Waals surface area contributed by atoms with Crippen LogP contribution in [0.25, 0.3) is 0 Å². The van der Waals surface area contributed by atoms with Gasteiger partial charge in [-0.15, -0.1) is 0 Å². The zero-order valence-corrected chi connectivity index (χ0v) is 11.5. The van der Waals surface area contributed by atoms with Crippen molar-refractivity contribution in [2.75, 3.05) is 20.1 Å². The van der Waals surface area contributed by atoms with Crippen molar-refractivity contribution in [2.45, 2.75) is 38.3 Å². The molecular weight excluding hydrogens is 246 g/mol. The Bertz CT molecular complexity index is 383. The van der Waals surface area contributed by atoms with Gasteiger partial charge < -0.3 is 10.2 Å². The molecule has 0 radical (unpaired) electrons. The van der Waals surface area contributed by atoms with Gasteiger partial charge in [0.05, 0.1) is 0 Å². The molecule has 1 N–H and O–H groups in total. The van der Waals surface area contributed by atoms with Gasteiger partial charge in [0.1, 0.15) is 11.6 Å². The van der Waals surface area contributed by atoms with E-state index in [-0.39, 0.29) is 0 Å². The number of hydrogen-bond donors (Lipinski definition) is 1. The molecule has 19 heavy (non-hydrogen) atoms. The zero-order valence-electron chi connectivity index (χ0n) is 11.5. The summed E-state index contributed by atoms with van der Waals surface area (Å²) in [4.78, 5) is 2.38. The Morgan fingerprint density at radius 3 is 2.42 bits per heavy atom.